The summed E-state index contributed by atoms with van der Waals surface area (Å²) in [6.45, 7) is -0.0644. The highest BCUT2D eigenvalue weighted by molar-refractivity contribution is 7.46. The Labute approximate surface area is 166 Å². The molecule has 0 aliphatic rings. The van der Waals surface area contributed by atoms with Gasteiger partial charge in [-0.2, -0.15) is 0 Å². The minimum Gasteiger partial charge on any atom is -0.394 e. The summed E-state index contributed by atoms with van der Waals surface area (Å²) in [7, 11) is -5.35. The Kier molecular flexibility index (Phi) is 7.31. The summed E-state index contributed by atoms with van der Waals surface area (Å²) in [4.78, 5) is 60.9. The quantitative estimate of drug-likeness (QED) is 0.179. The van der Waals surface area contributed by atoms with Crippen LogP contribution in [0.1, 0.15) is 19.0 Å². The highest BCUT2D eigenvalue weighted by Gasteiger charge is 2.29. The maximum absolute atomic E-state index is 12.8. The molecular formula is C14H21N4O11P. The number of aliphatic hydroxyl groups excluding tert-OH is 4. The van der Waals surface area contributed by atoms with Gasteiger partial charge >= 0.3 is 13.5 Å². The van der Waals surface area contributed by atoms with E-state index in [1.54, 1.807) is 11.9 Å². The highest BCUT2D eigenvalue weighted by Crippen LogP contribution is 2.31. The second-order valence-corrected chi connectivity index (χ2v) is 7.47. The summed E-state index contributed by atoms with van der Waals surface area (Å²) < 4.78 is 16.1. The van der Waals surface area contributed by atoms with E-state index in [2.05, 4.69) is 9.61 Å². The summed E-state index contributed by atoms with van der Waals surface area (Å²) in [5, 5.41) is 38.4. The van der Waals surface area contributed by atoms with Crippen molar-refractivity contribution in [1.29, 1.82) is 0 Å². The molecule has 2 heterocycles. The van der Waals surface area contributed by atoms with Crippen molar-refractivity contribution >= 4 is 19.0 Å². The van der Waals surface area contributed by atoms with Gasteiger partial charge in [0.15, 0.2) is 11.2 Å². The molecule has 7 N–H and O–H groups in total. The average molecular weight is 452 g/mol. The van der Waals surface area contributed by atoms with E-state index in [1.807, 2.05) is 0 Å². The van der Waals surface area contributed by atoms with Crippen molar-refractivity contribution in [2.75, 3.05) is 6.61 Å². The molecule has 168 valence electrons. The molecular weight excluding hydrogens is 431 g/mol. The molecule has 16 heteroatoms. The van der Waals surface area contributed by atoms with Gasteiger partial charge in [-0.05, 0) is 6.42 Å². The monoisotopic (exact) mass is 452 g/mol. The zero-order valence-electron chi connectivity index (χ0n) is 15.6. The van der Waals surface area contributed by atoms with Crippen molar-refractivity contribution in [3.8, 4) is 0 Å². The lowest BCUT2D eigenvalue weighted by Crippen LogP contribution is -2.45. The van der Waals surface area contributed by atoms with E-state index in [1.165, 1.54) is 0 Å². The van der Waals surface area contributed by atoms with Gasteiger partial charge in [-0.25, -0.2) is 14.3 Å². The van der Waals surface area contributed by atoms with Gasteiger partial charge in [0.1, 0.15) is 24.0 Å². The van der Waals surface area contributed by atoms with Crippen molar-refractivity contribution in [2.24, 2.45) is 0 Å². The zero-order chi connectivity index (χ0) is 22.8. The fraction of sp³-hybridized carbons (Fsp3) is 0.571. The number of H-pyrrole nitrogens is 1. The van der Waals surface area contributed by atoms with E-state index in [4.69, 9.17) is 14.9 Å². The summed E-state index contributed by atoms with van der Waals surface area (Å²) in [6.07, 6.45) is -5.13. The lowest BCUT2D eigenvalue weighted by atomic mass is 10.1. The van der Waals surface area contributed by atoms with Gasteiger partial charge in [-0.1, -0.05) is 18.1 Å². The lowest BCUT2D eigenvalue weighted by Gasteiger charge is -2.23. The summed E-state index contributed by atoms with van der Waals surface area (Å²) in [6, 6.07) is 0. The van der Waals surface area contributed by atoms with E-state index in [0.29, 0.717) is 11.0 Å². The van der Waals surface area contributed by atoms with Gasteiger partial charge in [0, 0.05) is 0 Å². The standard InChI is InChI=1S/C14H21N4O11P/c1-2-3-6-13(24)17(4-7(20)10(22)8(21)5-19)12-9(15-6)11(23)16-14(25)18(12)29-30(26,27)28/h7-8,10,19-22H,2-5H2,1H3,(H,16,23,25)(H2,26,27,28)/t7-,8+,10-/m0/s1. The molecule has 0 unspecified atom stereocenters. The third-order valence-corrected chi connectivity index (χ3v) is 4.41. The maximum atomic E-state index is 12.8. The van der Waals surface area contributed by atoms with Crippen LogP contribution in [0.5, 0.6) is 0 Å². The molecule has 2 aromatic rings. The van der Waals surface area contributed by atoms with Gasteiger partial charge in [0.05, 0.1) is 13.2 Å². The van der Waals surface area contributed by atoms with Gasteiger partial charge < -0.3 is 25.1 Å². The van der Waals surface area contributed by atoms with E-state index in [9.17, 15) is 34.3 Å². The van der Waals surface area contributed by atoms with Gasteiger partial charge in [0.25, 0.3) is 11.1 Å². The Morgan fingerprint density at radius 2 is 1.80 bits per heavy atom. The van der Waals surface area contributed by atoms with Crippen molar-refractivity contribution in [3.63, 3.8) is 0 Å². The minimum atomic E-state index is -5.35. The molecule has 0 aromatic carbocycles. The second-order valence-electron chi connectivity index (χ2n) is 6.33. The molecule has 0 amide bonds. The Hall–Kier alpha value is -2.39. The summed E-state index contributed by atoms with van der Waals surface area (Å²) in [5.74, 6) is 0. The number of phosphoric acid groups is 1. The van der Waals surface area contributed by atoms with Crippen LogP contribution in [0.25, 0.3) is 11.2 Å². The van der Waals surface area contributed by atoms with Gasteiger partial charge in [-0.15, -0.1) is 0 Å². The zero-order valence-corrected chi connectivity index (χ0v) is 16.5. The molecule has 0 bridgehead atoms. The van der Waals surface area contributed by atoms with E-state index in [0.717, 1.165) is 0 Å². The minimum absolute atomic E-state index is 0.0524. The van der Waals surface area contributed by atoms with Crippen LogP contribution in [0, 0.1) is 0 Å². The van der Waals surface area contributed by atoms with Crippen LogP contribution in [0.3, 0.4) is 0 Å². The van der Waals surface area contributed by atoms with Crippen molar-refractivity contribution in [3.05, 3.63) is 36.9 Å². The molecule has 0 fully saturated rings. The SMILES string of the molecule is CCCc1nc2c(=O)[nH]c(=O)n(OP(=O)(O)O)c2n(C[C@H](O)[C@H](O)[C@H](O)CO)c1=O. The highest BCUT2D eigenvalue weighted by atomic mass is 31.2. The predicted molar refractivity (Wildman–Crippen MR) is 98.6 cm³/mol. The number of aromatic nitrogens is 4. The largest absolute Gasteiger partial charge is 0.544 e. The van der Waals surface area contributed by atoms with Crippen LogP contribution in [-0.4, -0.2) is 74.4 Å². The third-order valence-electron chi connectivity index (χ3n) is 4.04. The Bertz CT molecular complexity index is 1130. The number of aryl methyl sites for hydroxylation is 1. The Balaban J connectivity index is 2.87. The predicted octanol–water partition coefficient (Wildman–Crippen LogP) is -4.20. The molecule has 0 saturated heterocycles. The number of aliphatic hydroxyl groups is 4. The fourth-order valence-electron chi connectivity index (χ4n) is 2.68. The Morgan fingerprint density at radius 3 is 2.33 bits per heavy atom. The molecule has 2 aromatic heterocycles. The number of hydrogen-bond donors (Lipinski definition) is 7. The third kappa shape index (κ3) is 5.02. The van der Waals surface area contributed by atoms with Crippen LogP contribution in [0.15, 0.2) is 14.4 Å². The first-order valence-electron chi connectivity index (χ1n) is 8.60. The summed E-state index contributed by atoms with van der Waals surface area (Å²) >= 11 is 0. The second kappa shape index (κ2) is 9.18. The molecule has 0 aliphatic heterocycles. The number of rotatable bonds is 9. The fourth-order valence-corrected chi connectivity index (χ4v) is 3.05. The summed E-state index contributed by atoms with van der Waals surface area (Å²) in [5.41, 5.74) is -5.04. The maximum Gasteiger partial charge on any atom is 0.544 e. The molecule has 0 aliphatic carbocycles. The molecule has 3 atom stereocenters. The van der Waals surface area contributed by atoms with Crippen molar-refractivity contribution in [1.82, 2.24) is 19.3 Å². The van der Waals surface area contributed by atoms with E-state index in [-0.39, 0.29) is 16.8 Å². The number of hydrogen-bond acceptors (Lipinski definition) is 10. The Morgan fingerprint density at radius 1 is 1.17 bits per heavy atom. The first kappa shape index (κ1) is 23.9. The van der Waals surface area contributed by atoms with Crippen LogP contribution < -0.4 is 21.4 Å². The topological polar surface area (TPSA) is 237 Å². The number of nitrogens with one attached hydrogen (secondary N) is 1. The molecule has 30 heavy (non-hydrogen) atoms. The van der Waals surface area contributed by atoms with E-state index < -0.39 is 67.3 Å². The first-order chi connectivity index (χ1) is 13.9. The van der Waals surface area contributed by atoms with E-state index >= 15 is 0 Å². The van der Waals surface area contributed by atoms with Crippen molar-refractivity contribution < 1.29 is 39.4 Å². The van der Waals surface area contributed by atoms with Crippen LogP contribution in [0.2, 0.25) is 0 Å². The molecule has 15 nitrogen and oxygen atoms in total. The number of aromatic amines is 1. The average Bonchev–Trinajstić information content (AvgIpc) is 2.66. The van der Waals surface area contributed by atoms with Crippen LogP contribution in [0.4, 0.5) is 0 Å². The molecule has 0 saturated carbocycles. The smallest absolute Gasteiger partial charge is 0.394 e. The van der Waals surface area contributed by atoms with Gasteiger partial charge in [-0.3, -0.25) is 28.9 Å². The normalized spacial score (nSPS) is 15.2. The van der Waals surface area contributed by atoms with Gasteiger partial charge in [0.2, 0.25) is 0 Å². The van der Waals surface area contributed by atoms with Crippen molar-refractivity contribution in [2.45, 2.75) is 44.6 Å². The lowest BCUT2D eigenvalue weighted by molar-refractivity contribution is -0.0806. The number of fused-ring (bicyclic) bond motifs is 1. The molecule has 0 radical (unpaired) electrons. The van der Waals surface area contributed by atoms with Crippen LogP contribution in [-0.2, 0) is 17.5 Å². The van der Waals surface area contributed by atoms with Crippen LogP contribution >= 0.6 is 7.82 Å². The molecule has 2 rings (SSSR count). The molecule has 0 spiro atoms. The number of nitrogens with zero attached hydrogens (tertiary/aromatic N) is 3. The first-order valence-corrected chi connectivity index (χ1v) is 10.1.